The van der Waals surface area contributed by atoms with Crippen LogP contribution in [-0.2, 0) is 11.2 Å². The van der Waals surface area contributed by atoms with Crippen molar-refractivity contribution < 1.29 is 14.3 Å². The molecular weight excluding hydrogens is 388 g/mol. The Kier molecular flexibility index (Phi) is 7.44. The fourth-order valence-electron chi connectivity index (χ4n) is 3.20. The van der Waals surface area contributed by atoms with Crippen molar-refractivity contribution in [1.29, 1.82) is 0 Å². The van der Waals surface area contributed by atoms with Gasteiger partial charge in [0.15, 0.2) is 6.61 Å². The molecule has 0 bridgehead atoms. The molecule has 0 heterocycles. The minimum atomic E-state index is -0.234. The van der Waals surface area contributed by atoms with Crippen LogP contribution in [0.15, 0.2) is 72.8 Å². The van der Waals surface area contributed by atoms with Crippen molar-refractivity contribution in [2.45, 2.75) is 20.3 Å². The molecule has 5 heteroatoms. The van der Waals surface area contributed by atoms with E-state index >= 15 is 0 Å². The number of hydrogen-bond donors (Lipinski definition) is 1. The molecule has 2 amide bonds. The summed E-state index contributed by atoms with van der Waals surface area (Å²) in [7, 11) is 1.65. The first-order valence-corrected chi connectivity index (χ1v) is 10.3. The molecule has 0 atom stereocenters. The second-order valence-electron chi connectivity index (χ2n) is 7.50. The zero-order chi connectivity index (χ0) is 22.2. The Morgan fingerprint density at radius 3 is 2.35 bits per heavy atom. The van der Waals surface area contributed by atoms with Gasteiger partial charge in [-0.15, -0.1) is 0 Å². The molecule has 0 saturated heterocycles. The molecule has 0 saturated carbocycles. The van der Waals surface area contributed by atoms with Crippen LogP contribution in [0.4, 0.5) is 5.69 Å². The number of benzene rings is 3. The molecule has 0 aromatic heterocycles. The summed E-state index contributed by atoms with van der Waals surface area (Å²) in [6, 6.07) is 22.8. The molecule has 0 aliphatic heterocycles. The van der Waals surface area contributed by atoms with E-state index in [4.69, 9.17) is 4.74 Å². The van der Waals surface area contributed by atoms with E-state index in [0.717, 1.165) is 17.5 Å². The highest BCUT2D eigenvalue weighted by Gasteiger charge is 2.18. The van der Waals surface area contributed by atoms with Gasteiger partial charge in [0.2, 0.25) is 0 Å². The smallest absolute Gasteiger partial charge is 0.264 e. The highest BCUT2D eigenvalue weighted by atomic mass is 16.5. The molecule has 0 spiro atoms. The van der Waals surface area contributed by atoms with E-state index < -0.39 is 0 Å². The number of likely N-dealkylation sites (N-methyl/N-ethyl adjacent to an activating group) is 1. The number of anilines is 1. The van der Waals surface area contributed by atoms with Crippen LogP contribution in [0.1, 0.15) is 27.0 Å². The number of para-hydroxylation sites is 1. The first-order chi connectivity index (χ1) is 15.0. The number of aryl methyl sites for hydroxylation is 2. The van der Waals surface area contributed by atoms with Crippen LogP contribution in [0, 0.1) is 13.8 Å². The van der Waals surface area contributed by atoms with E-state index in [1.54, 1.807) is 25.2 Å². The Balaban J connectivity index is 1.61. The van der Waals surface area contributed by atoms with E-state index in [2.05, 4.69) is 5.32 Å². The van der Waals surface area contributed by atoms with Gasteiger partial charge in [-0.05, 0) is 61.2 Å². The summed E-state index contributed by atoms with van der Waals surface area (Å²) in [5.74, 6) is 0.209. The molecule has 0 aliphatic rings. The summed E-state index contributed by atoms with van der Waals surface area (Å²) in [6.45, 7) is 4.44. The molecule has 3 aromatic carbocycles. The number of rotatable bonds is 8. The zero-order valence-electron chi connectivity index (χ0n) is 18.2. The van der Waals surface area contributed by atoms with Gasteiger partial charge in [-0.2, -0.15) is 0 Å². The van der Waals surface area contributed by atoms with Gasteiger partial charge in [0.1, 0.15) is 5.75 Å². The van der Waals surface area contributed by atoms with Crippen molar-refractivity contribution >= 4 is 17.5 Å². The molecule has 31 heavy (non-hydrogen) atoms. The second kappa shape index (κ2) is 10.4. The third kappa shape index (κ3) is 5.95. The van der Waals surface area contributed by atoms with Crippen molar-refractivity contribution in [2.24, 2.45) is 0 Å². The Hall–Kier alpha value is -3.60. The lowest BCUT2D eigenvalue weighted by Gasteiger charge is -2.21. The monoisotopic (exact) mass is 416 g/mol. The molecule has 160 valence electrons. The van der Waals surface area contributed by atoms with Crippen molar-refractivity contribution in [3.8, 4) is 5.75 Å². The van der Waals surface area contributed by atoms with Crippen molar-refractivity contribution in [3.05, 3.63) is 95.1 Å². The van der Waals surface area contributed by atoms with Crippen LogP contribution in [-0.4, -0.2) is 32.0 Å². The van der Waals surface area contributed by atoms with Gasteiger partial charge in [-0.3, -0.25) is 9.59 Å². The van der Waals surface area contributed by atoms with E-state index in [9.17, 15) is 9.59 Å². The summed E-state index contributed by atoms with van der Waals surface area (Å²) in [6.07, 6.45) is 0.743. The Morgan fingerprint density at radius 1 is 0.903 bits per heavy atom. The number of ether oxygens (including phenoxy) is 1. The van der Waals surface area contributed by atoms with Crippen molar-refractivity contribution in [3.63, 3.8) is 0 Å². The number of amides is 2. The lowest BCUT2D eigenvalue weighted by Crippen LogP contribution is -2.34. The molecule has 0 unspecified atom stereocenters. The van der Waals surface area contributed by atoms with Crippen LogP contribution in [0.25, 0.3) is 0 Å². The second-order valence-corrected chi connectivity index (χ2v) is 7.50. The van der Waals surface area contributed by atoms with Gasteiger partial charge in [-0.1, -0.05) is 48.5 Å². The number of carbonyl (C=O) groups excluding carboxylic acids is 2. The van der Waals surface area contributed by atoms with Gasteiger partial charge < -0.3 is 15.0 Å². The normalized spacial score (nSPS) is 10.4. The average Bonchev–Trinajstić information content (AvgIpc) is 2.79. The van der Waals surface area contributed by atoms with Gasteiger partial charge in [0.25, 0.3) is 11.8 Å². The Labute approximate surface area is 183 Å². The summed E-state index contributed by atoms with van der Waals surface area (Å²) < 4.78 is 5.67. The largest absolute Gasteiger partial charge is 0.484 e. The van der Waals surface area contributed by atoms with Crippen LogP contribution >= 0.6 is 0 Å². The number of carbonyl (C=O) groups is 2. The first kappa shape index (κ1) is 22.1. The van der Waals surface area contributed by atoms with Gasteiger partial charge in [0, 0.05) is 13.6 Å². The quantitative estimate of drug-likeness (QED) is 0.595. The minimum absolute atomic E-state index is 0.108. The van der Waals surface area contributed by atoms with E-state index in [0.29, 0.717) is 23.5 Å². The molecule has 3 rings (SSSR count). The predicted molar refractivity (Wildman–Crippen MR) is 124 cm³/mol. The highest BCUT2D eigenvalue weighted by molar-refractivity contribution is 6.04. The van der Waals surface area contributed by atoms with Gasteiger partial charge in [0.05, 0.1) is 11.3 Å². The standard InChI is InChI=1S/C26H28N2O3/c1-19-13-14-22(17-20(19)2)31-18-25(29)28(3)24-12-8-7-11-23(24)26(30)27-16-15-21-9-5-4-6-10-21/h4-14,17H,15-16,18H2,1-3H3,(H,27,30). The summed E-state index contributed by atoms with van der Waals surface area (Å²) in [5.41, 5.74) is 4.44. The van der Waals surface area contributed by atoms with Crippen LogP contribution < -0.4 is 15.0 Å². The van der Waals surface area contributed by atoms with Gasteiger partial charge >= 0.3 is 0 Å². The van der Waals surface area contributed by atoms with Crippen molar-refractivity contribution in [1.82, 2.24) is 5.32 Å². The molecule has 1 N–H and O–H groups in total. The van der Waals surface area contributed by atoms with Crippen molar-refractivity contribution in [2.75, 3.05) is 25.1 Å². The van der Waals surface area contributed by atoms with Crippen LogP contribution in [0.3, 0.4) is 0 Å². The maximum absolute atomic E-state index is 12.8. The maximum Gasteiger partial charge on any atom is 0.264 e. The van der Waals surface area contributed by atoms with Crippen LogP contribution in [0.2, 0.25) is 0 Å². The maximum atomic E-state index is 12.8. The fraction of sp³-hybridized carbons (Fsp3) is 0.231. The zero-order valence-corrected chi connectivity index (χ0v) is 18.2. The molecule has 0 fully saturated rings. The number of nitrogens with one attached hydrogen (secondary N) is 1. The topological polar surface area (TPSA) is 58.6 Å². The lowest BCUT2D eigenvalue weighted by atomic mass is 10.1. The fourth-order valence-corrected chi connectivity index (χ4v) is 3.20. The van der Waals surface area contributed by atoms with Gasteiger partial charge in [-0.25, -0.2) is 0 Å². The average molecular weight is 417 g/mol. The lowest BCUT2D eigenvalue weighted by molar-refractivity contribution is -0.120. The molecule has 0 aliphatic carbocycles. The summed E-state index contributed by atoms with van der Waals surface area (Å²) >= 11 is 0. The molecule has 0 radical (unpaired) electrons. The third-order valence-electron chi connectivity index (χ3n) is 5.27. The summed E-state index contributed by atoms with van der Waals surface area (Å²) in [5, 5.41) is 2.94. The molecule has 5 nitrogen and oxygen atoms in total. The predicted octanol–water partition coefficient (Wildman–Crippen LogP) is 4.32. The minimum Gasteiger partial charge on any atom is -0.484 e. The number of hydrogen-bond acceptors (Lipinski definition) is 3. The molecule has 3 aromatic rings. The number of nitrogens with zero attached hydrogens (tertiary/aromatic N) is 1. The Bertz CT molecular complexity index is 1050. The Morgan fingerprint density at radius 2 is 1.61 bits per heavy atom. The van der Waals surface area contributed by atoms with E-state index in [-0.39, 0.29) is 18.4 Å². The first-order valence-electron chi connectivity index (χ1n) is 10.3. The van der Waals surface area contributed by atoms with E-state index in [1.807, 2.05) is 68.4 Å². The summed E-state index contributed by atoms with van der Waals surface area (Å²) in [4.78, 5) is 26.9. The third-order valence-corrected chi connectivity index (χ3v) is 5.27. The van der Waals surface area contributed by atoms with E-state index in [1.165, 1.54) is 10.5 Å². The molecular formula is C26H28N2O3. The van der Waals surface area contributed by atoms with Crippen LogP contribution in [0.5, 0.6) is 5.75 Å². The highest BCUT2D eigenvalue weighted by Crippen LogP contribution is 2.20. The SMILES string of the molecule is Cc1ccc(OCC(=O)N(C)c2ccccc2C(=O)NCCc2ccccc2)cc1C.